The van der Waals surface area contributed by atoms with Crippen molar-refractivity contribution in [2.75, 3.05) is 33.2 Å². The fourth-order valence-corrected chi connectivity index (χ4v) is 2.53. The Kier molecular flexibility index (Phi) is 5.92. The van der Waals surface area contributed by atoms with Crippen LogP contribution in [0.3, 0.4) is 0 Å². The van der Waals surface area contributed by atoms with Crippen molar-refractivity contribution in [3.8, 4) is 0 Å². The summed E-state index contributed by atoms with van der Waals surface area (Å²) in [5, 5.41) is 0. The van der Waals surface area contributed by atoms with Crippen LogP contribution < -0.4 is 5.73 Å². The SMILES string of the molecule is CCCN(C)CC1CCN(C(=O)CC(C)N)C1. The maximum Gasteiger partial charge on any atom is 0.224 e. The summed E-state index contributed by atoms with van der Waals surface area (Å²) < 4.78 is 0. The Morgan fingerprint density at radius 3 is 2.88 bits per heavy atom. The molecule has 17 heavy (non-hydrogen) atoms. The molecule has 0 aromatic carbocycles. The van der Waals surface area contributed by atoms with E-state index in [1.807, 2.05) is 11.8 Å². The van der Waals surface area contributed by atoms with E-state index >= 15 is 0 Å². The van der Waals surface area contributed by atoms with E-state index in [-0.39, 0.29) is 11.9 Å². The van der Waals surface area contributed by atoms with Crippen molar-refractivity contribution >= 4 is 5.91 Å². The summed E-state index contributed by atoms with van der Waals surface area (Å²) >= 11 is 0. The monoisotopic (exact) mass is 241 g/mol. The smallest absolute Gasteiger partial charge is 0.224 e. The largest absolute Gasteiger partial charge is 0.342 e. The Bertz CT molecular complexity index is 243. The second-order valence-corrected chi connectivity index (χ2v) is 5.44. The fraction of sp³-hybridized carbons (Fsp3) is 0.923. The van der Waals surface area contributed by atoms with Crippen molar-refractivity contribution in [2.45, 2.75) is 39.2 Å². The standard InChI is InChI=1S/C13H27N3O/c1-4-6-15(3)9-12-5-7-16(10-12)13(17)8-11(2)14/h11-12H,4-10,14H2,1-3H3. The number of carbonyl (C=O) groups is 1. The summed E-state index contributed by atoms with van der Waals surface area (Å²) in [4.78, 5) is 16.2. The lowest BCUT2D eigenvalue weighted by Gasteiger charge is -2.21. The van der Waals surface area contributed by atoms with E-state index in [0.717, 1.165) is 32.6 Å². The van der Waals surface area contributed by atoms with Crippen LogP contribution in [0.1, 0.15) is 33.1 Å². The highest BCUT2D eigenvalue weighted by molar-refractivity contribution is 5.77. The number of amides is 1. The Hall–Kier alpha value is -0.610. The summed E-state index contributed by atoms with van der Waals surface area (Å²) in [6.07, 6.45) is 2.81. The van der Waals surface area contributed by atoms with Gasteiger partial charge in [-0.3, -0.25) is 4.79 Å². The molecule has 2 unspecified atom stereocenters. The van der Waals surface area contributed by atoms with Crippen LogP contribution >= 0.6 is 0 Å². The molecule has 0 saturated carbocycles. The molecule has 0 bridgehead atoms. The Morgan fingerprint density at radius 2 is 2.29 bits per heavy atom. The van der Waals surface area contributed by atoms with Gasteiger partial charge in [-0.05, 0) is 39.3 Å². The second kappa shape index (κ2) is 6.97. The molecule has 0 aliphatic carbocycles. The van der Waals surface area contributed by atoms with E-state index in [0.29, 0.717) is 12.3 Å². The summed E-state index contributed by atoms with van der Waals surface area (Å²) in [6, 6.07) is -0.0238. The molecule has 2 atom stereocenters. The molecule has 0 spiro atoms. The molecule has 4 heteroatoms. The molecule has 0 aromatic rings. The first-order valence-corrected chi connectivity index (χ1v) is 6.74. The lowest BCUT2D eigenvalue weighted by molar-refractivity contribution is -0.130. The third kappa shape index (κ3) is 5.04. The van der Waals surface area contributed by atoms with E-state index in [4.69, 9.17) is 5.73 Å². The molecule has 2 N–H and O–H groups in total. The predicted molar refractivity (Wildman–Crippen MR) is 70.7 cm³/mol. The minimum atomic E-state index is -0.0238. The summed E-state index contributed by atoms with van der Waals surface area (Å²) in [6.45, 7) is 8.17. The number of nitrogens with zero attached hydrogens (tertiary/aromatic N) is 2. The third-order valence-corrected chi connectivity index (χ3v) is 3.31. The van der Waals surface area contributed by atoms with Crippen LogP contribution in [0.25, 0.3) is 0 Å². The zero-order chi connectivity index (χ0) is 12.8. The van der Waals surface area contributed by atoms with Crippen LogP contribution in [0.5, 0.6) is 0 Å². The van der Waals surface area contributed by atoms with Gasteiger partial charge >= 0.3 is 0 Å². The van der Waals surface area contributed by atoms with Crippen molar-refractivity contribution in [2.24, 2.45) is 11.7 Å². The Morgan fingerprint density at radius 1 is 1.59 bits per heavy atom. The quantitative estimate of drug-likeness (QED) is 0.752. The summed E-state index contributed by atoms with van der Waals surface area (Å²) in [7, 11) is 2.16. The Labute approximate surface area is 105 Å². The molecule has 1 heterocycles. The average molecular weight is 241 g/mol. The molecular weight excluding hydrogens is 214 g/mol. The number of rotatable bonds is 6. The zero-order valence-electron chi connectivity index (χ0n) is 11.5. The molecule has 1 amide bonds. The summed E-state index contributed by atoms with van der Waals surface area (Å²) in [5.74, 6) is 0.865. The highest BCUT2D eigenvalue weighted by atomic mass is 16.2. The molecule has 1 aliphatic rings. The lowest BCUT2D eigenvalue weighted by Crippen LogP contribution is -2.34. The van der Waals surface area contributed by atoms with Gasteiger partial charge in [-0.1, -0.05) is 6.92 Å². The topological polar surface area (TPSA) is 49.6 Å². The number of hydrogen-bond acceptors (Lipinski definition) is 3. The van der Waals surface area contributed by atoms with Crippen molar-refractivity contribution < 1.29 is 4.79 Å². The van der Waals surface area contributed by atoms with E-state index in [2.05, 4.69) is 18.9 Å². The fourth-order valence-electron chi connectivity index (χ4n) is 2.53. The van der Waals surface area contributed by atoms with Gasteiger partial charge in [0.05, 0.1) is 0 Å². The number of nitrogens with two attached hydrogens (primary N) is 1. The molecule has 100 valence electrons. The normalized spacial score (nSPS) is 22.2. The molecule has 1 rings (SSSR count). The van der Waals surface area contributed by atoms with E-state index < -0.39 is 0 Å². The molecular formula is C13H27N3O. The molecule has 1 fully saturated rings. The minimum Gasteiger partial charge on any atom is -0.342 e. The average Bonchev–Trinajstić information content (AvgIpc) is 2.65. The van der Waals surface area contributed by atoms with Crippen LogP contribution in [0, 0.1) is 5.92 Å². The first kappa shape index (κ1) is 14.5. The van der Waals surface area contributed by atoms with Gasteiger partial charge in [0.15, 0.2) is 0 Å². The maximum absolute atomic E-state index is 11.8. The highest BCUT2D eigenvalue weighted by Crippen LogP contribution is 2.18. The lowest BCUT2D eigenvalue weighted by atomic mass is 10.1. The van der Waals surface area contributed by atoms with Crippen molar-refractivity contribution in [3.63, 3.8) is 0 Å². The van der Waals surface area contributed by atoms with Gasteiger partial charge in [0.1, 0.15) is 0 Å². The van der Waals surface area contributed by atoms with E-state index in [1.165, 1.54) is 6.42 Å². The molecule has 0 aromatic heterocycles. The minimum absolute atomic E-state index is 0.0238. The van der Waals surface area contributed by atoms with Gasteiger partial charge < -0.3 is 15.5 Å². The first-order valence-electron chi connectivity index (χ1n) is 6.74. The number of carbonyl (C=O) groups excluding carboxylic acids is 1. The first-order chi connectivity index (χ1) is 8.02. The van der Waals surface area contributed by atoms with Crippen molar-refractivity contribution in [1.82, 2.24) is 9.80 Å². The van der Waals surface area contributed by atoms with Gasteiger partial charge in [0, 0.05) is 32.1 Å². The van der Waals surface area contributed by atoms with Crippen LogP contribution in [-0.2, 0) is 4.79 Å². The predicted octanol–water partition coefficient (Wildman–Crippen LogP) is 0.914. The molecule has 1 aliphatic heterocycles. The van der Waals surface area contributed by atoms with Crippen LogP contribution in [-0.4, -0.2) is 55.0 Å². The second-order valence-electron chi connectivity index (χ2n) is 5.44. The van der Waals surface area contributed by atoms with E-state index in [1.54, 1.807) is 0 Å². The number of hydrogen-bond donors (Lipinski definition) is 1. The number of likely N-dealkylation sites (tertiary alicyclic amines) is 1. The maximum atomic E-state index is 11.8. The third-order valence-electron chi connectivity index (χ3n) is 3.31. The Balaban J connectivity index is 2.29. The highest BCUT2D eigenvalue weighted by Gasteiger charge is 2.26. The van der Waals surface area contributed by atoms with Crippen LogP contribution in [0.4, 0.5) is 0 Å². The summed E-state index contributed by atoms with van der Waals surface area (Å²) in [5.41, 5.74) is 5.66. The van der Waals surface area contributed by atoms with Gasteiger partial charge in [-0.25, -0.2) is 0 Å². The van der Waals surface area contributed by atoms with E-state index in [9.17, 15) is 4.79 Å². The van der Waals surface area contributed by atoms with Gasteiger partial charge in [-0.2, -0.15) is 0 Å². The van der Waals surface area contributed by atoms with Gasteiger partial charge in [0.2, 0.25) is 5.91 Å². The van der Waals surface area contributed by atoms with Crippen LogP contribution in [0.2, 0.25) is 0 Å². The van der Waals surface area contributed by atoms with Crippen LogP contribution in [0.15, 0.2) is 0 Å². The van der Waals surface area contributed by atoms with Crippen molar-refractivity contribution in [1.29, 1.82) is 0 Å². The molecule has 0 radical (unpaired) electrons. The molecule has 4 nitrogen and oxygen atoms in total. The van der Waals surface area contributed by atoms with Crippen molar-refractivity contribution in [3.05, 3.63) is 0 Å². The molecule has 1 saturated heterocycles. The van der Waals surface area contributed by atoms with Gasteiger partial charge in [0.25, 0.3) is 0 Å². The van der Waals surface area contributed by atoms with Gasteiger partial charge in [-0.15, -0.1) is 0 Å². The zero-order valence-corrected chi connectivity index (χ0v) is 11.5.